The van der Waals surface area contributed by atoms with E-state index < -0.39 is 11.4 Å². The van der Waals surface area contributed by atoms with Crippen LogP contribution in [-0.4, -0.2) is 37.9 Å². The smallest absolute Gasteiger partial charge is 0.245 e. The minimum atomic E-state index is -1.05. The highest BCUT2D eigenvalue weighted by Gasteiger charge is 2.28. The largest absolute Gasteiger partial charge is 0.354 e. The standard InChI is InChI=1S/C17H18ClFN6O/c1-4-20-16(26)17(2,3)25-15-12(19)8-23-14(24-15)11-7-22-13-10(11)5-9(18)6-21-13/h5-8H,4H2,1-3H3,(H,20,26)(H,21,22)(H,23,24,25). The van der Waals surface area contributed by atoms with E-state index in [1.165, 1.54) is 6.20 Å². The summed E-state index contributed by atoms with van der Waals surface area (Å²) in [5, 5.41) is 6.73. The lowest BCUT2D eigenvalue weighted by molar-refractivity contribution is -0.124. The van der Waals surface area contributed by atoms with E-state index in [0.717, 1.165) is 11.6 Å². The van der Waals surface area contributed by atoms with Gasteiger partial charge in [0.1, 0.15) is 11.2 Å². The number of nitrogens with one attached hydrogen (secondary N) is 3. The van der Waals surface area contributed by atoms with Gasteiger partial charge in [0.05, 0.1) is 11.2 Å². The molecule has 1 amide bonds. The molecule has 0 saturated heterocycles. The number of H-pyrrole nitrogens is 1. The monoisotopic (exact) mass is 376 g/mol. The Morgan fingerprint density at radius 3 is 2.85 bits per heavy atom. The molecule has 0 atom stereocenters. The Balaban J connectivity index is 2.00. The fourth-order valence-electron chi connectivity index (χ4n) is 2.48. The van der Waals surface area contributed by atoms with Crippen LogP contribution in [0.4, 0.5) is 10.2 Å². The van der Waals surface area contributed by atoms with Crippen LogP contribution in [-0.2, 0) is 4.79 Å². The average molecular weight is 377 g/mol. The van der Waals surface area contributed by atoms with Crippen molar-refractivity contribution in [1.29, 1.82) is 0 Å². The van der Waals surface area contributed by atoms with Gasteiger partial charge >= 0.3 is 0 Å². The molecule has 0 spiro atoms. The SMILES string of the molecule is CCNC(=O)C(C)(C)Nc1nc(-c2c[nH]c3ncc(Cl)cc23)ncc1F. The number of aromatic nitrogens is 4. The van der Waals surface area contributed by atoms with Crippen molar-refractivity contribution < 1.29 is 9.18 Å². The number of halogens is 2. The zero-order chi connectivity index (χ0) is 18.9. The van der Waals surface area contributed by atoms with Crippen molar-refractivity contribution in [1.82, 2.24) is 25.3 Å². The molecule has 0 fully saturated rings. The summed E-state index contributed by atoms with van der Waals surface area (Å²) in [7, 11) is 0. The van der Waals surface area contributed by atoms with Crippen LogP contribution in [0.25, 0.3) is 22.4 Å². The van der Waals surface area contributed by atoms with E-state index in [1.54, 1.807) is 26.1 Å². The number of aromatic amines is 1. The third kappa shape index (κ3) is 3.45. The van der Waals surface area contributed by atoms with Crippen LogP contribution in [0.5, 0.6) is 0 Å². The first-order chi connectivity index (χ1) is 12.3. The topological polar surface area (TPSA) is 95.6 Å². The molecule has 3 rings (SSSR count). The second-order valence-electron chi connectivity index (χ2n) is 6.25. The van der Waals surface area contributed by atoms with Crippen LogP contribution in [0.15, 0.2) is 24.7 Å². The fourth-order valence-corrected chi connectivity index (χ4v) is 2.64. The van der Waals surface area contributed by atoms with Crippen LogP contribution >= 0.6 is 11.6 Å². The van der Waals surface area contributed by atoms with Gasteiger partial charge in [0.25, 0.3) is 0 Å². The van der Waals surface area contributed by atoms with Gasteiger partial charge in [-0.2, -0.15) is 0 Å². The lowest BCUT2D eigenvalue weighted by atomic mass is 10.0. The van der Waals surface area contributed by atoms with Crippen LogP contribution in [0.3, 0.4) is 0 Å². The van der Waals surface area contributed by atoms with E-state index in [2.05, 4.69) is 30.6 Å². The first-order valence-electron chi connectivity index (χ1n) is 8.04. The van der Waals surface area contributed by atoms with Gasteiger partial charge in [-0.25, -0.2) is 19.3 Å². The van der Waals surface area contributed by atoms with Crippen molar-refractivity contribution in [3.63, 3.8) is 0 Å². The molecular formula is C17H18ClFN6O. The second kappa shape index (κ2) is 6.87. The molecular weight excluding hydrogens is 359 g/mol. The van der Waals surface area contributed by atoms with Gasteiger partial charge in [-0.15, -0.1) is 0 Å². The molecule has 0 aliphatic rings. The molecule has 3 aromatic rings. The lowest BCUT2D eigenvalue weighted by Crippen LogP contribution is -2.48. The van der Waals surface area contributed by atoms with E-state index in [4.69, 9.17) is 11.6 Å². The third-order valence-corrected chi connectivity index (χ3v) is 4.03. The third-order valence-electron chi connectivity index (χ3n) is 3.82. The number of nitrogens with zero attached hydrogens (tertiary/aromatic N) is 3. The van der Waals surface area contributed by atoms with Crippen molar-refractivity contribution in [3.05, 3.63) is 35.5 Å². The average Bonchev–Trinajstić information content (AvgIpc) is 3.00. The molecule has 0 radical (unpaired) electrons. The van der Waals surface area contributed by atoms with E-state index in [-0.39, 0.29) is 17.5 Å². The minimum Gasteiger partial charge on any atom is -0.354 e. The number of anilines is 1. The summed E-state index contributed by atoms with van der Waals surface area (Å²) < 4.78 is 14.2. The number of likely N-dealkylation sites (N-methyl/N-ethyl adjacent to an activating group) is 1. The Hall–Kier alpha value is -2.74. The number of hydrogen-bond acceptors (Lipinski definition) is 5. The Morgan fingerprint density at radius 2 is 2.12 bits per heavy atom. The van der Waals surface area contributed by atoms with Gasteiger partial charge in [-0.3, -0.25) is 4.79 Å². The van der Waals surface area contributed by atoms with Crippen molar-refractivity contribution >= 4 is 34.4 Å². The highest BCUT2D eigenvalue weighted by atomic mass is 35.5. The number of amides is 1. The normalized spacial score (nSPS) is 11.6. The van der Waals surface area contributed by atoms with E-state index >= 15 is 0 Å². The molecule has 0 aromatic carbocycles. The summed E-state index contributed by atoms with van der Waals surface area (Å²) in [6.45, 7) is 5.58. The molecule has 7 nitrogen and oxygen atoms in total. The highest BCUT2D eigenvalue weighted by molar-refractivity contribution is 6.31. The van der Waals surface area contributed by atoms with Crippen molar-refractivity contribution in [2.45, 2.75) is 26.3 Å². The number of rotatable bonds is 5. The lowest BCUT2D eigenvalue weighted by Gasteiger charge is -2.25. The van der Waals surface area contributed by atoms with Crippen LogP contribution < -0.4 is 10.6 Å². The van der Waals surface area contributed by atoms with Crippen molar-refractivity contribution in [2.75, 3.05) is 11.9 Å². The number of fused-ring (bicyclic) bond motifs is 1. The number of carbonyl (C=O) groups excluding carboxylic acids is 1. The predicted molar refractivity (Wildman–Crippen MR) is 98.5 cm³/mol. The molecule has 3 N–H and O–H groups in total. The maximum atomic E-state index is 14.2. The van der Waals surface area contributed by atoms with E-state index in [1.807, 2.05) is 6.92 Å². The Morgan fingerprint density at radius 1 is 1.35 bits per heavy atom. The second-order valence-corrected chi connectivity index (χ2v) is 6.69. The molecule has 3 aromatic heterocycles. The number of pyridine rings is 1. The maximum Gasteiger partial charge on any atom is 0.245 e. The minimum absolute atomic E-state index is 0.0596. The van der Waals surface area contributed by atoms with Gasteiger partial charge < -0.3 is 15.6 Å². The van der Waals surface area contributed by atoms with Crippen molar-refractivity contribution in [3.8, 4) is 11.4 Å². The first-order valence-corrected chi connectivity index (χ1v) is 8.41. The number of carbonyl (C=O) groups is 1. The predicted octanol–water partition coefficient (Wildman–Crippen LogP) is 3.14. The van der Waals surface area contributed by atoms with Crippen LogP contribution in [0, 0.1) is 5.82 Å². The summed E-state index contributed by atoms with van der Waals surface area (Å²) in [5.41, 5.74) is 0.205. The molecule has 0 unspecified atom stereocenters. The number of hydrogen-bond donors (Lipinski definition) is 3. The van der Waals surface area contributed by atoms with Gasteiger partial charge in [0, 0.05) is 29.9 Å². The van der Waals surface area contributed by atoms with Gasteiger partial charge in [0.2, 0.25) is 5.91 Å². The van der Waals surface area contributed by atoms with Gasteiger partial charge in [-0.1, -0.05) is 11.6 Å². The summed E-state index contributed by atoms with van der Waals surface area (Å²) in [5.74, 6) is -0.684. The maximum absolute atomic E-state index is 14.2. The fraction of sp³-hybridized carbons (Fsp3) is 0.294. The van der Waals surface area contributed by atoms with Gasteiger partial charge in [-0.05, 0) is 26.8 Å². The quantitative estimate of drug-likeness (QED) is 0.635. The highest BCUT2D eigenvalue weighted by Crippen LogP contribution is 2.28. The molecule has 0 bridgehead atoms. The summed E-state index contributed by atoms with van der Waals surface area (Å²) in [6, 6.07) is 1.73. The molecule has 26 heavy (non-hydrogen) atoms. The van der Waals surface area contributed by atoms with Crippen LogP contribution in [0.2, 0.25) is 5.02 Å². The molecule has 9 heteroatoms. The molecule has 0 saturated carbocycles. The zero-order valence-electron chi connectivity index (χ0n) is 14.5. The Labute approximate surface area is 154 Å². The van der Waals surface area contributed by atoms with Gasteiger partial charge in [0.15, 0.2) is 17.5 Å². The summed E-state index contributed by atoms with van der Waals surface area (Å²) >= 11 is 6.01. The summed E-state index contributed by atoms with van der Waals surface area (Å²) in [4.78, 5) is 27.6. The van der Waals surface area contributed by atoms with Crippen LogP contribution in [0.1, 0.15) is 20.8 Å². The van der Waals surface area contributed by atoms with E-state index in [0.29, 0.717) is 22.8 Å². The Bertz CT molecular complexity index is 971. The molecule has 0 aliphatic heterocycles. The molecule has 3 heterocycles. The summed E-state index contributed by atoms with van der Waals surface area (Å²) in [6.07, 6.45) is 4.27. The van der Waals surface area contributed by atoms with E-state index in [9.17, 15) is 9.18 Å². The molecule has 136 valence electrons. The molecule has 0 aliphatic carbocycles. The first kappa shape index (κ1) is 18.1. The van der Waals surface area contributed by atoms with Crippen molar-refractivity contribution in [2.24, 2.45) is 0 Å². The Kier molecular flexibility index (Phi) is 4.78. The zero-order valence-corrected chi connectivity index (χ0v) is 15.3.